The molecular weight excluding hydrogens is 384 g/mol. The monoisotopic (exact) mass is 426 g/mol. The second kappa shape index (κ2) is 9.10. The standard InChI is InChI=1S/C28H42O3/c1-18(2)19(3)7-8-21(5)24-11-12-25-27(24,6)15-14-26(30)28(25,31)16-13-22-17-23(29)10-9-20(22)4/h9-10,17-18,21,24-25,29,31H,3,7-8,11-16H2,1-2,4-6H3/t21-,24-,25-,27-,28-/m1/s1. The molecule has 2 aliphatic carbocycles. The molecule has 0 radical (unpaired) electrons. The summed E-state index contributed by atoms with van der Waals surface area (Å²) in [5.74, 6) is 1.92. The van der Waals surface area contributed by atoms with Crippen LogP contribution < -0.4 is 0 Å². The number of hydrogen-bond donors (Lipinski definition) is 2. The van der Waals surface area contributed by atoms with Crippen LogP contribution in [0.3, 0.4) is 0 Å². The Labute approximate surface area is 189 Å². The molecule has 172 valence electrons. The van der Waals surface area contributed by atoms with Crippen LogP contribution in [0, 0.1) is 36.0 Å². The maximum atomic E-state index is 13.0. The van der Waals surface area contributed by atoms with Crippen LogP contribution in [0.4, 0.5) is 0 Å². The summed E-state index contributed by atoms with van der Waals surface area (Å²) < 4.78 is 0. The lowest BCUT2D eigenvalue weighted by molar-refractivity contribution is -0.161. The van der Waals surface area contributed by atoms with E-state index in [0.717, 1.165) is 43.2 Å². The highest BCUT2D eigenvalue weighted by atomic mass is 16.3. The third kappa shape index (κ3) is 4.62. The average molecular weight is 427 g/mol. The van der Waals surface area contributed by atoms with Gasteiger partial charge in [-0.25, -0.2) is 0 Å². The maximum absolute atomic E-state index is 13.0. The molecule has 1 aromatic carbocycles. The number of phenols is 1. The van der Waals surface area contributed by atoms with Gasteiger partial charge in [-0.2, -0.15) is 0 Å². The van der Waals surface area contributed by atoms with Gasteiger partial charge in [0.15, 0.2) is 5.78 Å². The first-order valence-corrected chi connectivity index (χ1v) is 12.2. The van der Waals surface area contributed by atoms with Crippen molar-refractivity contribution in [2.24, 2.45) is 29.1 Å². The fourth-order valence-electron chi connectivity index (χ4n) is 6.61. The molecule has 0 heterocycles. The summed E-state index contributed by atoms with van der Waals surface area (Å²) in [5.41, 5.74) is 2.19. The molecule has 0 aliphatic heterocycles. The quantitative estimate of drug-likeness (QED) is 0.474. The van der Waals surface area contributed by atoms with Crippen LogP contribution in [0.1, 0.15) is 83.8 Å². The van der Waals surface area contributed by atoms with Gasteiger partial charge in [0.2, 0.25) is 0 Å². The van der Waals surface area contributed by atoms with Crippen molar-refractivity contribution in [3.05, 3.63) is 41.5 Å². The lowest BCUT2D eigenvalue weighted by atomic mass is 9.56. The van der Waals surface area contributed by atoms with Crippen molar-refractivity contribution >= 4 is 5.78 Å². The SMILES string of the molecule is C=C(CC[C@@H](C)[C@H]1CC[C@@H]2[C@]1(C)CCC(=O)[C@@]2(O)CCc1cc(O)ccc1C)C(C)C. The fourth-order valence-corrected chi connectivity index (χ4v) is 6.61. The number of aryl methyl sites for hydroxylation is 2. The number of rotatable bonds is 8. The minimum Gasteiger partial charge on any atom is -0.508 e. The van der Waals surface area contributed by atoms with E-state index in [-0.39, 0.29) is 22.9 Å². The minimum absolute atomic E-state index is 0.00904. The molecular formula is C28H42O3. The Morgan fingerprint density at radius 2 is 1.97 bits per heavy atom. The average Bonchev–Trinajstić information content (AvgIpc) is 3.08. The molecule has 0 spiro atoms. The Morgan fingerprint density at radius 3 is 2.65 bits per heavy atom. The molecule has 0 saturated heterocycles. The van der Waals surface area contributed by atoms with E-state index in [1.165, 1.54) is 5.57 Å². The smallest absolute Gasteiger partial charge is 0.164 e. The highest BCUT2D eigenvalue weighted by molar-refractivity contribution is 5.88. The number of aromatic hydroxyl groups is 1. The largest absolute Gasteiger partial charge is 0.508 e. The zero-order chi connectivity index (χ0) is 23.0. The second-order valence-corrected chi connectivity index (χ2v) is 11.0. The van der Waals surface area contributed by atoms with Gasteiger partial charge in [-0.05, 0) is 98.3 Å². The van der Waals surface area contributed by atoms with Crippen molar-refractivity contribution in [3.63, 3.8) is 0 Å². The Kier molecular flexibility index (Phi) is 7.05. The van der Waals surface area contributed by atoms with Gasteiger partial charge in [0.1, 0.15) is 11.4 Å². The number of benzene rings is 1. The molecule has 0 bridgehead atoms. The van der Waals surface area contributed by atoms with E-state index in [1.807, 2.05) is 13.0 Å². The summed E-state index contributed by atoms with van der Waals surface area (Å²) in [6, 6.07) is 5.36. The zero-order valence-corrected chi connectivity index (χ0v) is 20.2. The van der Waals surface area contributed by atoms with Gasteiger partial charge in [0.05, 0.1) is 0 Å². The molecule has 2 fully saturated rings. The molecule has 2 N–H and O–H groups in total. The fraction of sp³-hybridized carbons (Fsp3) is 0.679. The van der Waals surface area contributed by atoms with Crippen molar-refractivity contribution in [2.75, 3.05) is 0 Å². The van der Waals surface area contributed by atoms with E-state index in [4.69, 9.17) is 0 Å². The number of fused-ring (bicyclic) bond motifs is 1. The molecule has 2 saturated carbocycles. The molecule has 1 aromatic rings. The summed E-state index contributed by atoms with van der Waals surface area (Å²) in [6.07, 6.45) is 6.66. The second-order valence-electron chi connectivity index (χ2n) is 11.0. The number of carbonyl (C=O) groups is 1. The van der Waals surface area contributed by atoms with Gasteiger partial charge < -0.3 is 10.2 Å². The highest BCUT2D eigenvalue weighted by Gasteiger charge is 2.60. The summed E-state index contributed by atoms with van der Waals surface area (Å²) in [4.78, 5) is 13.0. The first-order valence-electron chi connectivity index (χ1n) is 12.2. The van der Waals surface area contributed by atoms with Gasteiger partial charge in [-0.3, -0.25) is 4.79 Å². The number of allylic oxidation sites excluding steroid dienone is 1. The van der Waals surface area contributed by atoms with E-state index in [9.17, 15) is 15.0 Å². The van der Waals surface area contributed by atoms with Crippen LogP contribution in [-0.2, 0) is 11.2 Å². The van der Waals surface area contributed by atoms with Gasteiger partial charge in [0.25, 0.3) is 0 Å². The number of hydrogen-bond acceptors (Lipinski definition) is 3. The first-order chi connectivity index (χ1) is 14.5. The number of Topliss-reactive ketones (excluding diaryl/α,β-unsaturated/α-hetero) is 1. The lowest BCUT2D eigenvalue weighted by Crippen LogP contribution is -2.56. The van der Waals surface area contributed by atoms with Crippen LogP contribution in [0.5, 0.6) is 5.75 Å². The molecule has 3 rings (SSSR count). The Balaban J connectivity index is 1.76. The van der Waals surface area contributed by atoms with Gasteiger partial charge in [-0.15, -0.1) is 0 Å². The molecule has 31 heavy (non-hydrogen) atoms. The van der Waals surface area contributed by atoms with Crippen molar-refractivity contribution < 1.29 is 15.0 Å². The van der Waals surface area contributed by atoms with Gasteiger partial charge >= 0.3 is 0 Å². The minimum atomic E-state index is -1.25. The summed E-state index contributed by atoms with van der Waals surface area (Å²) in [7, 11) is 0. The summed E-state index contributed by atoms with van der Waals surface area (Å²) in [6.45, 7) is 15.4. The molecule has 2 aliphatic rings. The predicted molar refractivity (Wildman–Crippen MR) is 127 cm³/mol. The molecule has 0 unspecified atom stereocenters. The lowest BCUT2D eigenvalue weighted by Gasteiger charge is -2.50. The highest BCUT2D eigenvalue weighted by Crippen LogP contribution is 2.61. The molecule has 0 aromatic heterocycles. The van der Waals surface area contributed by atoms with E-state index < -0.39 is 5.60 Å². The topological polar surface area (TPSA) is 57.5 Å². The van der Waals surface area contributed by atoms with Crippen molar-refractivity contribution in [3.8, 4) is 5.75 Å². The molecule has 0 amide bonds. The third-order valence-electron chi connectivity index (χ3n) is 8.89. The van der Waals surface area contributed by atoms with Crippen molar-refractivity contribution in [2.45, 2.75) is 91.6 Å². The van der Waals surface area contributed by atoms with E-state index >= 15 is 0 Å². The normalized spacial score (nSPS) is 31.6. The van der Waals surface area contributed by atoms with Crippen molar-refractivity contribution in [1.82, 2.24) is 0 Å². The van der Waals surface area contributed by atoms with Crippen LogP contribution in [-0.4, -0.2) is 21.6 Å². The summed E-state index contributed by atoms with van der Waals surface area (Å²) in [5, 5.41) is 21.6. The van der Waals surface area contributed by atoms with Crippen LogP contribution in [0.25, 0.3) is 0 Å². The number of phenolic OH excluding ortho intramolecular Hbond substituents is 1. The van der Waals surface area contributed by atoms with Crippen LogP contribution in [0.2, 0.25) is 0 Å². The zero-order valence-electron chi connectivity index (χ0n) is 20.2. The van der Waals surface area contributed by atoms with Gasteiger partial charge in [0, 0.05) is 12.3 Å². The van der Waals surface area contributed by atoms with Crippen molar-refractivity contribution in [1.29, 1.82) is 0 Å². The predicted octanol–water partition coefficient (Wildman–Crippen LogP) is 6.39. The Bertz CT molecular complexity index is 826. The van der Waals surface area contributed by atoms with E-state index in [2.05, 4.69) is 34.3 Å². The van der Waals surface area contributed by atoms with Crippen LogP contribution >= 0.6 is 0 Å². The number of carbonyl (C=O) groups excluding carboxylic acids is 1. The molecule has 3 heteroatoms. The number of aliphatic hydroxyl groups is 1. The number of ketones is 1. The van der Waals surface area contributed by atoms with Gasteiger partial charge in [-0.1, -0.05) is 45.9 Å². The maximum Gasteiger partial charge on any atom is 0.164 e. The van der Waals surface area contributed by atoms with E-state index in [1.54, 1.807) is 12.1 Å². The Hall–Kier alpha value is -1.61. The Morgan fingerprint density at radius 1 is 1.26 bits per heavy atom. The summed E-state index contributed by atoms with van der Waals surface area (Å²) >= 11 is 0. The van der Waals surface area contributed by atoms with E-state index in [0.29, 0.717) is 37.0 Å². The molecule has 3 nitrogen and oxygen atoms in total. The van der Waals surface area contributed by atoms with Crippen LogP contribution in [0.15, 0.2) is 30.4 Å². The molecule has 5 atom stereocenters. The first kappa shape index (κ1) is 24.0. The third-order valence-corrected chi connectivity index (χ3v) is 8.89.